The Labute approximate surface area is 207 Å². The molecule has 1 saturated heterocycles. The van der Waals surface area contributed by atoms with E-state index in [4.69, 9.17) is 0 Å². The van der Waals surface area contributed by atoms with Crippen LogP contribution in [-0.2, 0) is 30.4 Å². The third kappa shape index (κ3) is 9.57. The van der Waals surface area contributed by atoms with Crippen LogP contribution in [0.4, 0.5) is 0 Å². The number of benzene rings is 1. The van der Waals surface area contributed by atoms with Gasteiger partial charge in [-0.25, -0.2) is 4.79 Å². The average Bonchev–Trinajstić information content (AvgIpc) is 3.36. The Morgan fingerprint density at radius 2 is 1.66 bits per heavy atom. The highest BCUT2D eigenvalue weighted by Gasteiger charge is 2.32. The van der Waals surface area contributed by atoms with Gasteiger partial charge in [-0.15, -0.1) is 0 Å². The summed E-state index contributed by atoms with van der Waals surface area (Å²) in [7, 11) is 0. The second kappa shape index (κ2) is 14.3. The number of rotatable bonds is 14. The number of hydrogen-bond acceptors (Lipinski definition) is 7. The van der Waals surface area contributed by atoms with E-state index in [9.17, 15) is 34.2 Å². The molecule has 192 valence electrons. The fourth-order valence-electron chi connectivity index (χ4n) is 3.66. The molecule has 0 spiro atoms. The Bertz CT molecular complexity index is 893. The second-order valence-corrected chi connectivity index (χ2v) is 9.23. The van der Waals surface area contributed by atoms with Crippen molar-refractivity contribution in [2.45, 2.75) is 56.3 Å². The Balaban J connectivity index is 2.10. The fraction of sp³-hybridized carbons (Fsp3) is 0.522. The maximum absolute atomic E-state index is 13.0. The van der Waals surface area contributed by atoms with Crippen molar-refractivity contribution in [1.82, 2.24) is 21.3 Å². The van der Waals surface area contributed by atoms with Gasteiger partial charge < -0.3 is 31.5 Å². The van der Waals surface area contributed by atoms with Crippen LogP contribution in [0.5, 0.6) is 0 Å². The molecule has 6 N–H and O–H groups in total. The number of hydrogen-bond donors (Lipinski definition) is 6. The third-order valence-corrected chi connectivity index (χ3v) is 6.17. The SMILES string of the molecule is CSCCC(NC(=O)C1CCCN1)C(=O)NC(CC(=O)O)C(=O)NC(Cc1ccccc1)C(=O)O. The molecule has 0 saturated carbocycles. The van der Waals surface area contributed by atoms with E-state index in [1.807, 2.05) is 6.26 Å². The maximum atomic E-state index is 13.0. The molecule has 1 heterocycles. The first-order chi connectivity index (χ1) is 16.7. The smallest absolute Gasteiger partial charge is 0.326 e. The zero-order valence-electron chi connectivity index (χ0n) is 19.5. The molecule has 35 heavy (non-hydrogen) atoms. The second-order valence-electron chi connectivity index (χ2n) is 8.24. The first kappa shape index (κ1) is 28.1. The lowest BCUT2D eigenvalue weighted by molar-refractivity contribution is -0.143. The van der Waals surface area contributed by atoms with Gasteiger partial charge in [0.15, 0.2) is 0 Å². The van der Waals surface area contributed by atoms with Crippen LogP contribution in [0.2, 0.25) is 0 Å². The molecular weight excluding hydrogens is 476 g/mol. The number of aliphatic carboxylic acids is 2. The molecule has 0 radical (unpaired) electrons. The molecule has 3 amide bonds. The number of carboxylic acid groups (broad SMARTS) is 2. The summed E-state index contributed by atoms with van der Waals surface area (Å²) < 4.78 is 0. The van der Waals surface area contributed by atoms with Crippen molar-refractivity contribution in [2.75, 3.05) is 18.6 Å². The first-order valence-corrected chi connectivity index (χ1v) is 12.7. The molecule has 11 nitrogen and oxygen atoms in total. The van der Waals surface area contributed by atoms with E-state index in [1.165, 1.54) is 11.8 Å². The molecular formula is C23H32N4O7S. The number of thioether (sulfide) groups is 1. The Kier molecular flexibility index (Phi) is 11.5. The van der Waals surface area contributed by atoms with Gasteiger partial charge in [-0.05, 0) is 43.4 Å². The molecule has 0 aromatic heterocycles. The maximum Gasteiger partial charge on any atom is 0.326 e. The minimum absolute atomic E-state index is 0.0174. The summed E-state index contributed by atoms with van der Waals surface area (Å²) in [6, 6.07) is 4.42. The van der Waals surface area contributed by atoms with Gasteiger partial charge in [0.25, 0.3) is 0 Å². The van der Waals surface area contributed by atoms with Crippen LogP contribution >= 0.6 is 11.8 Å². The van der Waals surface area contributed by atoms with Crippen LogP contribution in [0.25, 0.3) is 0 Å². The predicted molar refractivity (Wildman–Crippen MR) is 130 cm³/mol. The Hall–Kier alpha value is -3.12. The van der Waals surface area contributed by atoms with E-state index in [2.05, 4.69) is 21.3 Å². The third-order valence-electron chi connectivity index (χ3n) is 5.53. The number of carbonyl (C=O) groups is 5. The average molecular weight is 509 g/mol. The van der Waals surface area contributed by atoms with E-state index in [1.54, 1.807) is 30.3 Å². The molecule has 4 unspecified atom stereocenters. The lowest BCUT2D eigenvalue weighted by Crippen LogP contribution is -2.57. The van der Waals surface area contributed by atoms with E-state index >= 15 is 0 Å². The van der Waals surface area contributed by atoms with Crippen molar-refractivity contribution >= 4 is 41.4 Å². The number of carbonyl (C=O) groups excluding carboxylic acids is 3. The van der Waals surface area contributed by atoms with E-state index in [0.29, 0.717) is 24.3 Å². The minimum Gasteiger partial charge on any atom is -0.481 e. The quantitative estimate of drug-likeness (QED) is 0.198. The first-order valence-electron chi connectivity index (χ1n) is 11.3. The molecule has 1 aliphatic rings. The molecule has 0 bridgehead atoms. The summed E-state index contributed by atoms with van der Waals surface area (Å²) in [6.07, 6.45) is 2.84. The lowest BCUT2D eigenvalue weighted by Gasteiger charge is -2.24. The standard InChI is InChI=1S/C23H32N4O7S/c1-35-11-9-16(25-20(30)15-8-5-10-24-15)21(31)26-17(13-19(28)29)22(32)27-18(23(33)34)12-14-6-3-2-4-7-14/h2-4,6-7,15-18,24H,5,8-13H2,1H3,(H,25,30)(H,26,31)(H,27,32)(H,28,29)(H,33,34). The molecule has 1 aromatic rings. The van der Waals surface area contributed by atoms with Crippen LogP contribution in [0, 0.1) is 0 Å². The van der Waals surface area contributed by atoms with Crippen LogP contribution in [0.3, 0.4) is 0 Å². The highest BCUT2D eigenvalue weighted by atomic mass is 32.2. The highest BCUT2D eigenvalue weighted by Crippen LogP contribution is 2.09. The number of amides is 3. The molecule has 2 rings (SSSR count). The summed E-state index contributed by atoms with van der Waals surface area (Å²) in [6.45, 7) is 0.703. The predicted octanol–water partition coefficient (Wildman–Crippen LogP) is -0.252. The van der Waals surface area contributed by atoms with Gasteiger partial charge >= 0.3 is 11.9 Å². The summed E-state index contributed by atoms with van der Waals surface area (Å²) >= 11 is 1.47. The Morgan fingerprint density at radius 3 is 2.23 bits per heavy atom. The van der Waals surface area contributed by atoms with Gasteiger partial charge in [-0.1, -0.05) is 30.3 Å². The van der Waals surface area contributed by atoms with Crippen molar-refractivity contribution in [3.63, 3.8) is 0 Å². The van der Waals surface area contributed by atoms with Crippen molar-refractivity contribution < 1.29 is 34.2 Å². The molecule has 0 aliphatic carbocycles. The van der Waals surface area contributed by atoms with Crippen LogP contribution in [-0.4, -0.2) is 82.6 Å². The van der Waals surface area contributed by atoms with E-state index < -0.39 is 54.3 Å². The zero-order valence-corrected chi connectivity index (χ0v) is 20.3. The molecule has 1 fully saturated rings. The largest absolute Gasteiger partial charge is 0.481 e. The van der Waals surface area contributed by atoms with Crippen LogP contribution < -0.4 is 21.3 Å². The number of carboxylic acids is 2. The fourth-order valence-corrected chi connectivity index (χ4v) is 4.13. The molecule has 1 aliphatic heterocycles. The van der Waals surface area contributed by atoms with E-state index in [0.717, 1.165) is 6.42 Å². The van der Waals surface area contributed by atoms with Gasteiger partial charge in [0.05, 0.1) is 12.5 Å². The normalized spacial score (nSPS) is 17.6. The molecule has 12 heteroatoms. The Morgan fingerprint density at radius 1 is 1.00 bits per heavy atom. The lowest BCUT2D eigenvalue weighted by atomic mass is 10.0. The van der Waals surface area contributed by atoms with E-state index in [-0.39, 0.29) is 18.7 Å². The molecule has 1 aromatic carbocycles. The van der Waals surface area contributed by atoms with Crippen molar-refractivity contribution in [2.24, 2.45) is 0 Å². The van der Waals surface area contributed by atoms with Crippen LogP contribution in [0.1, 0.15) is 31.2 Å². The summed E-state index contributed by atoms with van der Waals surface area (Å²) in [5.74, 6) is -4.07. The van der Waals surface area contributed by atoms with Crippen molar-refractivity contribution in [1.29, 1.82) is 0 Å². The van der Waals surface area contributed by atoms with Gasteiger partial charge in [0, 0.05) is 6.42 Å². The van der Waals surface area contributed by atoms with Crippen molar-refractivity contribution in [3.8, 4) is 0 Å². The molecule has 4 atom stereocenters. The van der Waals surface area contributed by atoms with Gasteiger partial charge in [-0.3, -0.25) is 19.2 Å². The van der Waals surface area contributed by atoms with Gasteiger partial charge in [0.1, 0.15) is 18.1 Å². The van der Waals surface area contributed by atoms with Gasteiger partial charge in [-0.2, -0.15) is 11.8 Å². The zero-order chi connectivity index (χ0) is 25.8. The monoisotopic (exact) mass is 508 g/mol. The van der Waals surface area contributed by atoms with Crippen LogP contribution in [0.15, 0.2) is 30.3 Å². The highest BCUT2D eigenvalue weighted by molar-refractivity contribution is 7.98. The van der Waals surface area contributed by atoms with Crippen molar-refractivity contribution in [3.05, 3.63) is 35.9 Å². The minimum atomic E-state index is -1.52. The topological polar surface area (TPSA) is 174 Å². The van der Waals surface area contributed by atoms with Gasteiger partial charge in [0.2, 0.25) is 17.7 Å². The summed E-state index contributed by atoms with van der Waals surface area (Å²) in [4.78, 5) is 61.4. The summed E-state index contributed by atoms with van der Waals surface area (Å²) in [5.41, 5.74) is 0.666. The number of nitrogens with one attached hydrogen (secondary N) is 4. The summed E-state index contributed by atoms with van der Waals surface area (Å²) in [5, 5.41) is 29.3.